The zero-order valence-corrected chi connectivity index (χ0v) is 15.1. The summed E-state index contributed by atoms with van der Waals surface area (Å²) in [4.78, 5) is 11.2. The van der Waals surface area contributed by atoms with Gasteiger partial charge in [-0.25, -0.2) is 4.39 Å². The number of halogens is 2. The molecule has 1 aliphatic heterocycles. The number of carbonyl (C=O) groups is 1. The third-order valence-electron chi connectivity index (χ3n) is 4.16. The normalized spacial score (nSPS) is 15.9. The summed E-state index contributed by atoms with van der Waals surface area (Å²) in [6, 6.07) is 10.3. The van der Waals surface area contributed by atoms with Gasteiger partial charge in [0.25, 0.3) is 0 Å². The van der Waals surface area contributed by atoms with Crippen molar-refractivity contribution >= 4 is 35.4 Å². The van der Waals surface area contributed by atoms with Crippen molar-refractivity contribution in [2.45, 2.75) is 18.9 Å². The predicted molar refractivity (Wildman–Crippen MR) is 101 cm³/mol. The van der Waals surface area contributed by atoms with Crippen molar-refractivity contribution in [2.75, 3.05) is 19.0 Å². The highest BCUT2D eigenvalue weighted by Gasteiger charge is 2.20. The minimum Gasteiger partial charge on any atom is -0.486 e. The van der Waals surface area contributed by atoms with Gasteiger partial charge in [-0.05, 0) is 42.3 Å². The van der Waals surface area contributed by atoms with Crippen LogP contribution in [0.15, 0.2) is 36.4 Å². The Hall–Kier alpha value is -2.53. The highest BCUT2D eigenvalue weighted by atomic mass is 35.5. The fraction of sp³-hybridized carbons (Fsp3) is 0.250. The topological polar surface area (TPSA) is 47.6 Å². The van der Waals surface area contributed by atoms with E-state index in [0.29, 0.717) is 30.0 Å². The van der Waals surface area contributed by atoms with Crippen LogP contribution >= 0.6 is 11.6 Å². The summed E-state index contributed by atoms with van der Waals surface area (Å²) in [5, 5.41) is 3.67. The molecule has 1 N–H and O–H groups in total. The molecule has 4 nitrogen and oxygen atoms in total. The van der Waals surface area contributed by atoms with E-state index < -0.39 is 0 Å². The standard InChI is InChI=1S/C20H19ClFNO3/c1-25-20(24)10-7-14-12-23-18-11-13(6-9-19(18)26-14)5-8-15-16(21)3-2-4-17(15)22/h2-6,8-9,11,14,23H,7,10,12H2,1H3/b8-5+/t14-/m0/s1. The van der Waals surface area contributed by atoms with Crippen molar-refractivity contribution in [2.24, 2.45) is 0 Å². The lowest BCUT2D eigenvalue weighted by molar-refractivity contribution is -0.141. The lowest BCUT2D eigenvalue weighted by Crippen LogP contribution is -2.31. The molecule has 0 saturated heterocycles. The van der Waals surface area contributed by atoms with Crippen molar-refractivity contribution in [1.29, 1.82) is 0 Å². The van der Waals surface area contributed by atoms with Crippen LogP contribution in [0, 0.1) is 5.82 Å². The van der Waals surface area contributed by atoms with Crippen LogP contribution in [0.2, 0.25) is 5.02 Å². The lowest BCUT2D eigenvalue weighted by atomic mass is 10.1. The van der Waals surface area contributed by atoms with E-state index in [4.69, 9.17) is 16.3 Å². The monoisotopic (exact) mass is 375 g/mol. The van der Waals surface area contributed by atoms with Crippen molar-refractivity contribution in [3.8, 4) is 5.75 Å². The number of rotatable bonds is 5. The first kappa shape index (κ1) is 18.3. The molecule has 136 valence electrons. The highest BCUT2D eigenvalue weighted by Crippen LogP contribution is 2.32. The van der Waals surface area contributed by atoms with Crippen LogP contribution in [0.1, 0.15) is 24.0 Å². The van der Waals surface area contributed by atoms with Gasteiger partial charge in [-0.1, -0.05) is 29.8 Å². The first-order valence-corrected chi connectivity index (χ1v) is 8.68. The Morgan fingerprint density at radius 1 is 1.38 bits per heavy atom. The van der Waals surface area contributed by atoms with Gasteiger partial charge in [-0.15, -0.1) is 0 Å². The molecule has 0 bridgehead atoms. The number of methoxy groups -OCH3 is 1. The molecule has 1 heterocycles. The maximum atomic E-state index is 13.8. The predicted octanol–water partition coefficient (Wildman–Crippen LogP) is 4.78. The molecule has 0 radical (unpaired) electrons. The average molecular weight is 376 g/mol. The summed E-state index contributed by atoms with van der Waals surface area (Å²) >= 11 is 6.03. The summed E-state index contributed by atoms with van der Waals surface area (Å²) in [5.41, 5.74) is 2.12. The molecule has 0 saturated carbocycles. The fourth-order valence-corrected chi connectivity index (χ4v) is 2.95. The Bertz CT molecular complexity index is 818. The van der Waals surface area contributed by atoms with Crippen molar-refractivity contribution in [1.82, 2.24) is 0 Å². The zero-order chi connectivity index (χ0) is 18.5. The molecule has 1 atom stereocenters. The molecule has 26 heavy (non-hydrogen) atoms. The Labute approximate surface area is 156 Å². The van der Waals surface area contributed by atoms with Crippen LogP contribution in [0.5, 0.6) is 5.75 Å². The van der Waals surface area contributed by atoms with Crippen LogP contribution < -0.4 is 10.1 Å². The van der Waals surface area contributed by atoms with Crippen LogP contribution in [0.3, 0.4) is 0 Å². The maximum absolute atomic E-state index is 13.8. The number of hydrogen-bond acceptors (Lipinski definition) is 4. The molecule has 0 aliphatic carbocycles. The number of ether oxygens (including phenoxy) is 2. The molecule has 0 amide bonds. The van der Waals surface area contributed by atoms with Crippen LogP contribution in [0.4, 0.5) is 10.1 Å². The average Bonchev–Trinajstić information content (AvgIpc) is 2.65. The van der Waals surface area contributed by atoms with Crippen molar-refractivity contribution < 1.29 is 18.7 Å². The summed E-state index contributed by atoms with van der Waals surface area (Å²) in [5.74, 6) is 0.125. The van der Waals surface area contributed by atoms with E-state index in [1.165, 1.54) is 13.2 Å². The number of anilines is 1. The number of esters is 1. The number of benzene rings is 2. The second kappa shape index (κ2) is 8.23. The molecule has 3 rings (SSSR count). The van der Waals surface area contributed by atoms with E-state index in [0.717, 1.165) is 17.0 Å². The number of hydrogen-bond donors (Lipinski definition) is 1. The molecule has 0 spiro atoms. The summed E-state index contributed by atoms with van der Waals surface area (Å²) in [6.07, 6.45) is 4.28. The first-order chi connectivity index (χ1) is 12.6. The zero-order valence-electron chi connectivity index (χ0n) is 14.3. The number of carbonyl (C=O) groups excluding carboxylic acids is 1. The van der Waals surface area contributed by atoms with E-state index in [2.05, 4.69) is 10.1 Å². The summed E-state index contributed by atoms with van der Waals surface area (Å²) in [6.45, 7) is 0.607. The van der Waals surface area contributed by atoms with E-state index >= 15 is 0 Å². The van der Waals surface area contributed by atoms with Gasteiger partial charge in [0.05, 0.1) is 24.4 Å². The molecular formula is C20H19ClFNO3. The SMILES string of the molecule is COC(=O)CC[C@H]1CNc2cc(/C=C/c3c(F)cccc3Cl)ccc2O1. The van der Waals surface area contributed by atoms with Gasteiger partial charge in [0.2, 0.25) is 0 Å². The third-order valence-corrected chi connectivity index (χ3v) is 4.49. The number of nitrogens with one attached hydrogen (secondary N) is 1. The molecule has 2 aromatic carbocycles. The van der Waals surface area contributed by atoms with E-state index in [9.17, 15) is 9.18 Å². The van der Waals surface area contributed by atoms with E-state index in [1.54, 1.807) is 24.3 Å². The van der Waals surface area contributed by atoms with Crippen LogP contribution in [-0.2, 0) is 9.53 Å². The lowest BCUT2D eigenvalue weighted by Gasteiger charge is -2.27. The first-order valence-electron chi connectivity index (χ1n) is 8.30. The molecule has 2 aromatic rings. The second-order valence-corrected chi connectivity index (χ2v) is 6.37. The Balaban J connectivity index is 1.69. The number of fused-ring (bicyclic) bond motifs is 1. The second-order valence-electron chi connectivity index (χ2n) is 5.96. The van der Waals surface area contributed by atoms with E-state index in [-0.39, 0.29) is 17.9 Å². The molecule has 6 heteroatoms. The van der Waals surface area contributed by atoms with Gasteiger partial charge < -0.3 is 14.8 Å². The smallest absolute Gasteiger partial charge is 0.305 e. The Kier molecular flexibility index (Phi) is 5.78. The maximum Gasteiger partial charge on any atom is 0.305 e. The minimum atomic E-state index is -0.360. The molecule has 0 aromatic heterocycles. The molecule has 0 fully saturated rings. The largest absolute Gasteiger partial charge is 0.486 e. The Morgan fingerprint density at radius 3 is 3.00 bits per heavy atom. The fourth-order valence-electron chi connectivity index (χ4n) is 2.73. The van der Waals surface area contributed by atoms with Gasteiger partial charge in [0.15, 0.2) is 0 Å². The van der Waals surface area contributed by atoms with E-state index in [1.807, 2.05) is 18.2 Å². The Morgan fingerprint density at radius 2 is 2.23 bits per heavy atom. The quantitative estimate of drug-likeness (QED) is 0.603. The van der Waals surface area contributed by atoms with Gasteiger partial charge >= 0.3 is 5.97 Å². The van der Waals surface area contributed by atoms with Crippen LogP contribution in [0.25, 0.3) is 12.2 Å². The van der Waals surface area contributed by atoms with Gasteiger partial charge in [0.1, 0.15) is 17.7 Å². The molecular weight excluding hydrogens is 357 g/mol. The van der Waals surface area contributed by atoms with Gasteiger partial charge in [0, 0.05) is 12.0 Å². The molecule has 1 aliphatic rings. The summed E-state index contributed by atoms with van der Waals surface area (Å²) in [7, 11) is 1.38. The highest BCUT2D eigenvalue weighted by molar-refractivity contribution is 6.32. The van der Waals surface area contributed by atoms with Gasteiger partial charge in [-0.3, -0.25) is 4.79 Å². The van der Waals surface area contributed by atoms with Gasteiger partial charge in [-0.2, -0.15) is 0 Å². The van der Waals surface area contributed by atoms with Crippen molar-refractivity contribution in [3.05, 3.63) is 58.4 Å². The van der Waals surface area contributed by atoms with Crippen molar-refractivity contribution in [3.63, 3.8) is 0 Å². The summed E-state index contributed by atoms with van der Waals surface area (Å²) < 4.78 is 24.4. The third kappa shape index (κ3) is 4.35. The minimum absolute atomic E-state index is 0.0831. The molecule has 0 unspecified atom stereocenters. The van der Waals surface area contributed by atoms with Crippen LogP contribution in [-0.4, -0.2) is 25.7 Å².